The molecule has 0 aliphatic carbocycles. The number of carbonyl (C=O) groups excluding carboxylic acids is 2. The van der Waals surface area contributed by atoms with Crippen LogP contribution in [0.5, 0.6) is 5.75 Å². The zero-order valence-corrected chi connectivity index (χ0v) is 20.0. The number of fused-ring (bicyclic) bond motifs is 1. The van der Waals surface area contributed by atoms with E-state index in [4.69, 9.17) is 9.47 Å². The van der Waals surface area contributed by atoms with Gasteiger partial charge in [-0.2, -0.15) is 0 Å². The summed E-state index contributed by atoms with van der Waals surface area (Å²) < 4.78 is 13.2. The minimum Gasteiger partial charge on any atom is -0.497 e. The van der Waals surface area contributed by atoms with Gasteiger partial charge in [-0.3, -0.25) is 14.2 Å². The second kappa shape index (κ2) is 9.60. The van der Waals surface area contributed by atoms with Crippen LogP contribution < -0.4 is 9.64 Å². The number of amides is 1. The molecule has 3 heterocycles. The summed E-state index contributed by atoms with van der Waals surface area (Å²) in [5, 5.41) is 9.53. The number of methoxy groups -OCH3 is 1. The van der Waals surface area contributed by atoms with Gasteiger partial charge in [-0.05, 0) is 60.9 Å². The van der Waals surface area contributed by atoms with Crippen molar-refractivity contribution in [1.29, 1.82) is 0 Å². The number of nitrogens with zero attached hydrogens (tertiary/aromatic N) is 4. The lowest BCUT2D eigenvalue weighted by Crippen LogP contribution is -2.20. The van der Waals surface area contributed by atoms with Gasteiger partial charge in [0.25, 0.3) is 0 Å². The minimum atomic E-state index is -0.00698. The van der Waals surface area contributed by atoms with Crippen molar-refractivity contribution in [1.82, 2.24) is 14.8 Å². The molecule has 0 bridgehead atoms. The van der Waals surface area contributed by atoms with Gasteiger partial charge in [0.05, 0.1) is 31.9 Å². The van der Waals surface area contributed by atoms with Crippen LogP contribution >= 0.6 is 11.8 Å². The lowest BCUT2D eigenvalue weighted by molar-refractivity contribution is -0.117. The van der Waals surface area contributed by atoms with Crippen LogP contribution in [0.3, 0.4) is 0 Å². The van der Waals surface area contributed by atoms with E-state index in [2.05, 4.69) is 10.2 Å². The number of hydrogen-bond donors (Lipinski definition) is 0. The standard InChI is InChI=1S/C25H26N4O4S/c1-28-21-10-7-17(12-18(21)13-23(28)31)22(30)15-34-25-27-26-24(16-5-8-19(32-2)9-6-16)29(25)14-20-4-3-11-33-20/h5-10,12,20H,3-4,11,13-15H2,1-2H3. The smallest absolute Gasteiger partial charge is 0.231 e. The number of anilines is 1. The molecule has 2 aliphatic rings. The average Bonchev–Trinajstić information content (AvgIpc) is 3.58. The third-order valence-corrected chi connectivity index (χ3v) is 7.25. The van der Waals surface area contributed by atoms with Gasteiger partial charge >= 0.3 is 0 Å². The highest BCUT2D eigenvalue weighted by molar-refractivity contribution is 7.99. The molecule has 176 valence electrons. The van der Waals surface area contributed by atoms with Gasteiger partial charge in [0, 0.05) is 30.5 Å². The predicted octanol–water partition coefficient (Wildman–Crippen LogP) is 3.63. The Balaban J connectivity index is 1.35. The van der Waals surface area contributed by atoms with Crippen LogP contribution in [0.2, 0.25) is 0 Å². The monoisotopic (exact) mass is 478 g/mol. The van der Waals surface area contributed by atoms with E-state index >= 15 is 0 Å². The Bertz CT molecular complexity index is 1220. The molecule has 1 aromatic heterocycles. The molecule has 0 spiro atoms. The third-order valence-electron chi connectivity index (χ3n) is 6.29. The van der Waals surface area contributed by atoms with E-state index in [9.17, 15) is 9.59 Å². The van der Waals surface area contributed by atoms with Gasteiger partial charge in [-0.15, -0.1) is 10.2 Å². The summed E-state index contributed by atoms with van der Waals surface area (Å²) in [7, 11) is 3.39. The fourth-order valence-electron chi connectivity index (χ4n) is 4.36. The van der Waals surface area contributed by atoms with Crippen LogP contribution in [-0.2, 0) is 22.5 Å². The molecule has 5 rings (SSSR count). The second-order valence-electron chi connectivity index (χ2n) is 8.47. The molecular weight excluding hydrogens is 452 g/mol. The Morgan fingerprint density at radius 1 is 1.21 bits per heavy atom. The molecule has 2 aromatic carbocycles. The van der Waals surface area contributed by atoms with Gasteiger partial charge in [-0.25, -0.2) is 0 Å². The molecule has 1 saturated heterocycles. The third kappa shape index (κ3) is 4.45. The fourth-order valence-corrected chi connectivity index (χ4v) is 5.20. The number of Topliss-reactive ketones (excluding diaryl/α,β-unsaturated/α-hetero) is 1. The normalized spacial score (nSPS) is 17.3. The number of thioether (sulfide) groups is 1. The van der Waals surface area contributed by atoms with Crippen molar-refractivity contribution in [3.63, 3.8) is 0 Å². The zero-order chi connectivity index (χ0) is 23.7. The summed E-state index contributed by atoms with van der Waals surface area (Å²) >= 11 is 1.37. The van der Waals surface area contributed by atoms with Crippen LogP contribution in [-0.4, -0.2) is 59.1 Å². The summed E-state index contributed by atoms with van der Waals surface area (Å²) in [6.07, 6.45) is 2.48. The first-order valence-corrected chi connectivity index (χ1v) is 12.3. The van der Waals surface area contributed by atoms with Gasteiger partial charge in [-0.1, -0.05) is 11.8 Å². The molecule has 0 N–H and O–H groups in total. The minimum absolute atomic E-state index is 0.00698. The van der Waals surface area contributed by atoms with Crippen LogP contribution in [0.15, 0.2) is 47.6 Å². The Labute approximate surface area is 202 Å². The molecule has 0 saturated carbocycles. The molecule has 34 heavy (non-hydrogen) atoms. The van der Waals surface area contributed by atoms with Gasteiger partial charge in [0.2, 0.25) is 5.91 Å². The van der Waals surface area contributed by atoms with Gasteiger partial charge < -0.3 is 14.4 Å². The van der Waals surface area contributed by atoms with Crippen molar-refractivity contribution in [2.24, 2.45) is 0 Å². The highest BCUT2D eigenvalue weighted by Gasteiger charge is 2.26. The number of ether oxygens (including phenoxy) is 2. The Morgan fingerprint density at radius 3 is 2.76 bits per heavy atom. The summed E-state index contributed by atoms with van der Waals surface area (Å²) in [5.74, 6) is 1.78. The maximum Gasteiger partial charge on any atom is 0.231 e. The number of benzene rings is 2. The van der Waals surface area contributed by atoms with Crippen LogP contribution in [0.1, 0.15) is 28.8 Å². The molecule has 3 aromatic rings. The number of aromatic nitrogens is 3. The first kappa shape index (κ1) is 22.6. The maximum absolute atomic E-state index is 13.0. The van der Waals surface area contributed by atoms with E-state index in [-0.39, 0.29) is 23.5 Å². The molecule has 1 atom stereocenters. The fraction of sp³-hybridized carbons (Fsp3) is 0.360. The average molecular weight is 479 g/mol. The molecule has 8 nitrogen and oxygen atoms in total. The van der Waals surface area contributed by atoms with Crippen molar-refractivity contribution in [2.75, 3.05) is 31.4 Å². The number of rotatable bonds is 8. The van der Waals surface area contributed by atoms with E-state index in [0.717, 1.165) is 47.8 Å². The SMILES string of the molecule is COc1ccc(-c2nnc(SCC(=O)c3ccc4c(c3)CC(=O)N4C)n2CC2CCCO2)cc1. The van der Waals surface area contributed by atoms with Crippen molar-refractivity contribution < 1.29 is 19.1 Å². The van der Waals surface area contributed by atoms with E-state index in [1.807, 2.05) is 41.0 Å². The zero-order valence-electron chi connectivity index (χ0n) is 19.2. The maximum atomic E-state index is 13.0. The van der Waals surface area contributed by atoms with E-state index in [1.54, 1.807) is 25.1 Å². The summed E-state index contributed by atoms with van der Waals surface area (Å²) in [6.45, 7) is 1.40. The summed E-state index contributed by atoms with van der Waals surface area (Å²) in [4.78, 5) is 26.6. The first-order chi connectivity index (χ1) is 16.5. The molecule has 0 radical (unpaired) electrons. The number of ketones is 1. The number of likely N-dealkylation sites (N-methyl/N-ethyl adjacent to an activating group) is 1. The predicted molar refractivity (Wildman–Crippen MR) is 130 cm³/mol. The van der Waals surface area contributed by atoms with Gasteiger partial charge in [0.15, 0.2) is 16.8 Å². The molecule has 2 aliphatic heterocycles. The highest BCUT2D eigenvalue weighted by Crippen LogP contribution is 2.30. The van der Waals surface area contributed by atoms with Crippen molar-refractivity contribution in [3.05, 3.63) is 53.6 Å². The molecule has 1 fully saturated rings. The van der Waals surface area contributed by atoms with Crippen molar-refractivity contribution in [2.45, 2.75) is 37.1 Å². The Hall–Kier alpha value is -3.17. The molecular formula is C25H26N4O4S. The summed E-state index contributed by atoms with van der Waals surface area (Å²) in [5.41, 5.74) is 3.30. The lowest BCUT2D eigenvalue weighted by atomic mass is 10.1. The molecule has 1 amide bonds. The molecule has 1 unspecified atom stereocenters. The van der Waals surface area contributed by atoms with Crippen LogP contribution in [0, 0.1) is 0 Å². The lowest BCUT2D eigenvalue weighted by Gasteiger charge is -2.15. The number of hydrogen-bond acceptors (Lipinski definition) is 7. The summed E-state index contributed by atoms with van der Waals surface area (Å²) in [6, 6.07) is 13.2. The quantitative estimate of drug-likeness (QED) is 0.361. The van der Waals surface area contributed by atoms with Crippen molar-refractivity contribution in [3.8, 4) is 17.1 Å². The van der Waals surface area contributed by atoms with E-state index < -0.39 is 0 Å². The first-order valence-electron chi connectivity index (χ1n) is 11.3. The van der Waals surface area contributed by atoms with Crippen LogP contribution in [0.4, 0.5) is 5.69 Å². The highest BCUT2D eigenvalue weighted by atomic mass is 32.2. The topological polar surface area (TPSA) is 86.5 Å². The van der Waals surface area contributed by atoms with Crippen LogP contribution in [0.25, 0.3) is 11.4 Å². The Morgan fingerprint density at radius 2 is 2.03 bits per heavy atom. The largest absolute Gasteiger partial charge is 0.497 e. The van der Waals surface area contributed by atoms with E-state index in [1.165, 1.54) is 11.8 Å². The molecule has 9 heteroatoms. The number of carbonyl (C=O) groups is 2. The second-order valence-corrected chi connectivity index (χ2v) is 9.41. The van der Waals surface area contributed by atoms with Crippen molar-refractivity contribution >= 4 is 29.1 Å². The van der Waals surface area contributed by atoms with Gasteiger partial charge in [0.1, 0.15) is 5.75 Å². The Kier molecular flexibility index (Phi) is 6.38. The van der Waals surface area contributed by atoms with E-state index in [0.29, 0.717) is 23.7 Å².